The van der Waals surface area contributed by atoms with Crippen molar-refractivity contribution in [1.29, 1.82) is 0 Å². The standard InChI is InChI=1S/C8H13F2NO.C7H14FNO2S.C2H6/c1-2-6-3-4-11(5-6)8(12)7(9)10;1-6-4-9(12(2,10)11)5-7(6)3-8;1-2/h6-7H,2-5H2,1H3;6-7H,3-5H2,1-2H3;1-2H3. The van der Waals surface area contributed by atoms with Gasteiger partial charge >= 0.3 is 6.43 Å². The van der Waals surface area contributed by atoms with E-state index in [2.05, 4.69) is 0 Å². The summed E-state index contributed by atoms with van der Waals surface area (Å²) in [6.07, 6.45) is 0.170. The van der Waals surface area contributed by atoms with Crippen molar-refractivity contribution in [2.24, 2.45) is 17.8 Å². The molecule has 2 aliphatic rings. The molecule has 2 heterocycles. The maximum atomic E-state index is 12.3. The third kappa shape index (κ3) is 7.82. The van der Waals surface area contributed by atoms with E-state index in [1.807, 2.05) is 27.7 Å². The number of amides is 1. The summed E-state index contributed by atoms with van der Waals surface area (Å²) < 4.78 is 59.6. The van der Waals surface area contributed by atoms with E-state index >= 15 is 0 Å². The first-order valence-corrected chi connectivity index (χ1v) is 11.0. The van der Waals surface area contributed by atoms with Crippen LogP contribution >= 0.6 is 0 Å². The Morgan fingerprint density at radius 2 is 1.77 bits per heavy atom. The van der Waals surface area contributed by atoms with Crippen LogP contribution in [0.15, 0.2) is 0 Å². The Kier molecular flexibility index (Phi) is 11.4. The van der Waals surface area contributed by atoms with Gasteiger partial charge < -0.3 is 4.90 Å². The van der Waals surface area contributed by atoms with Crippen molar-refractivity contribution < 1.29 is 26.4 Å². The number of alkyl halides is 3. The van der Waals surface area contributed by atoms with E-state index in [1.54, 1.807) is 0 Å². The molecule has 3 atom stereocenters. The van der Waals surface area contributed by atoms with Gasteiger partial charge in [0.2, 0.25) is 10.0 Å². The fraction of sp³-hybridized carbons (Fsp3) is 0.941. The molecule has 0 spiro atoms. The Morgan fingerprint density at radius 1 is 1.19 bits per heavy atom. The second kappa shape index (κ2) is 11.8. The Morgan fingerprint density at radius 3 is 2.08 bits per heavy atom. The summed E-state index contributed by atoms with van der Waals surface area (Å²) >= 11 is 0. The molecular weight excluding hydrogens is 369 g/mol. The lowest BCUT2D eigenvalue weighted by Crippen LogP contribution is -2.33. The van der Waals surface area contributed by atoms with E-state index in [9.17, 15) is 26.4 Å². The Bertz CT molecular complexity index is 517. The van der Waals surface area contributed by atoms with Crippen molar-refractivity contribution in [1.82, 2.24) is 9.21 Å². The maximum Gasteiger partial charge on any atom is 0.315 e. The van der Waals surface area contributed by atoms with Gasteiger partial charge in [-0.05, 0) is 18.3 Å². The van der Waals surface area contributed by atoms with Gasteiger partial charge in [-0.1, -0.05) is 34.1 Å². The quantitative estimate of drug-likeness (QED) is 0.726. The molecule has 0 aromatic heterocycles. The van der Waals surface area contributed by atoms with Crippen LogP contribution in [-0.4, -0.2) is 69.1 Å². The molecule has 0 N–H and O–H groups in total. The van der Waals surface area contributed by atoms with Crippen LogP contribution in [0.25, 0.3) is 0 Å². The topological polar surface area (TPSA) is 57.7 Å². The molecule has 1 amide bonds. The SMILES string of the molecule is CC.CC1CN(S(C)(=O)=O)CC1CF.CCC1CCN(C(=O)C(F)F)C1. The van der Waals surface area contributed by atoms with E-state index in [0.29, 0.717) is 32.1 Å². The van der Waals surface area contributed by atoms with Gasteiger partial charge in [0, 0.05) is 32.1 Å². The number of halogens is 3. The minimum Gasteiger partial charge on any atom is -0.337 e. The second-order valence-electron chi connectivity index (χ2n) is 6.62. The highest BCUT2D eigenvalue weighted by molar-refractivity contribution is 7.88. The largest absolute Gasteiger partial charge is 0.337 e. The van der Waals surface area contributed by atoms with Gasteiger partial charge in [0.25, 0.3) is 5.91 Å². The van der Waals surface area contributed by atoms with Crippen LogP contribution in [0.2, 0.25) is 0 Å². The van der Waals surface area contributed by atoms with E-state index < -0.39 is 29.0 Å². The highest BCUT2D eigenvalue weighted by atomic mass is 32.2. The molecule has 0 saturated carbocycles. The molecule has 5 nitrogen and oxygen atoms in total. The van der Waals surface area contributed by atoms with Crippen molar-refractivity contribution in [2.45, 2.75) is 47.0 Å². The Hall–Kier alpha value is -0.830. The third-order valence-corrected chi connectivity index (χ3v) is 6.00. The highest BCUT2D eigenvalue weighted by Crippen LogP contribution is 2.24. The monoisotopic (exact) mass is 402 g/mol. The average Bonchev–Trinajstić information content (AvgIpc) is 3.22. The summed E-state index contributed by atoms with van der Waals surface area (Å²) in [6.45, 7) is 9.30. The molecule has 0 aromatic carbocycles. The highest BCUT2D eigenvalue weighted by Gasteiger charge is 2.34. The number of carbonyl (C=O) groups excluding carboxylic acids is 1. The van der Waals surface area contributed by atoms with Crippen LogP contribution in [0.5, 0.6) is 0 Å². The maximum absolute atomic E-state index is 12.3. The normalized spacial score (nSPS) is 26.2. The fourth-order valence-corrected chi connectivity index (χ4v) is 3.93. The molecule has 2 rings (SSSR count). The summed E-state index contributed by atoms with van der Waals surface area (Å²) in [6, 6.07) is 0. The van der Waals surface area contributed by atoms with Crippen molar-refractivity contribution in [3.63, 3.8) is 0 Å². The molecular formula is C17H33F3N2O3S. The number of sulfonamides is 1. The number of carbonyl (C=O) groups is 1. The van der Waals surface area contributed by atoms with E-state index in [0.717, 1.165) is 12.8 Å². The van der Waals surface area contributed by atoms with Gasteiger partial charge in [-0.3, -0.25) is 9.18 Å². The number of rotatable bonds is 4. The predicted octanol–water partition coefficient (Wildman–Crippen LogP) is 3.02. The molecule has 156 valence electrons. The van der Waals surface area contributed by atoms with Crippen molar-refractivity contribution >= 4 is 15.9 Å². The number of hydrogen-bond acceptors (Lipinski definition) is 3. The van der Waals surface area contributed by atoms with E-state index in [-0.39, 0.29) is 11.8 Å². The Labute approximate surface area is 156 Å². The molecule has 2 saturated heterocycles. The molecule has 2 aliphatic heterocycles. The van der Waals surface area contributed by atoms with Crippen molar-refractivity contribution in [3.05, 3.63) is 0 Å². The summed E-state index contributed by atoms with van der Waals surface area (Å²) in [5.41, 5.74) is 0. The molecule has 9 heteroatoms. The van der Waals surface area contributed by atoms with Crippen LogP contribution in [0, 0.1) is 17.8 Å². The van der Waals surface area contributed by atoms with Gasteiger partial charge in [0.15, 0.2) is 0 Å². The summed E-state index contributed by atoms with van der Waals surface area (Å²) in [5.74, 6) is -0.553. The smallest absolute Gasteiger partial charge is 0.315 e. The molecule has 0 aromatic rings. The van der Waals surface area contributed by atoms with Crippen LogP contribution in [0.3, 0.4) is 0 Å². The molecule has 0 radical (unpaired) electrons. The summed E-state index contributed by atoms with van der Waals surface area (Å²) in [5, 5.41) is 0. The molecule has 3 unspecified atom stereocenters. The lowest BCUT2D eigenvalue weighted by Gasteiger charge is -2.14. The zero-order chi connectivity index (χ0) is 20.5. The first-order valence-electron chi connectivity index (χ1n) is 9.18. The second-order valence-corrected chi connectivity index (χ2v) is 8.60. The van der Waals surface area contributed by atoms with E-state index in [4.69, 9.17) is 0 Å². The van der Waals surface area contributed by atoms with Crippen LogP contribution < -0.4 is 0 Å². The number of likely N-dealkylation sites (tertiary alicyclic amines) is 1. The van der Waals surface area contributed by atoms with Gasteiger partial charge in [-0.15, -0.1) is 0 Å². The number of nitrogens with zero attached hydrogens (tertiary/aromatic N) is 2. The zero-order valence-electron chi connectivity index (χ0n) is 16.4. The lowest BCUT2D eigenvalue weighted by atomic mass is 10.0. The average molecular weight is 403 g/mol. The molecule has 2 fully saturated rings. The van der Waals surface area contributed by atoms with Crippen LogP contribution in [0.1, 0.15) is 40.5 Å². The first-order chi connectivity index (χ1) is 12.1. The van der Waals surface area contributed by atoms with Gasteiger partial charge in [0.05, 0.1) is 12.9 Å². The van der Waals surface area contributed by atoms with Gasteiger partial charge in [-0.2, -0.15) is 8.78 Å². The van der Waals surface area contributed by atoms with Crippen molar-refractivity contribution in [3.8, 4) is 0 Å². The minimum atomic E-state index is -3.11. The van der Waals surface area contributed by atoms with Gasteiger partial charge in [0.1, 0.15) is 0 Å². The fourth-order valence-electron chi connectivity index (χ4n) is 2.96. The minimum absolute atomic E-state index is 0.111. The van der Waals surface area contributed by atoms with E-state index in [1.165, 1.54) is 15.5 Å². The van der Waals surface area contributed by atoms with Crippen LogP contribution in [0.4, 0.5) is 13.2 Å². The van der Waals surface area contributed by atoms with Crippen molar-refractivity contribution in [2.75, 3.05) is 39.1 Å². The molecule has 0 bridgehead atoms. The predicted molar refractivity (Wildman–Crippen MR) is 97.4 cm³/mol. The first kappa shape index (κ1) is 25.2. The third-order valence-electron chi connectivity index (χ3n) is 4.76. The summed E-state index contributed by atoms with van der Waals surface area (Å²) in [4.78, 5) is 12.0. The lowest BCUT2D eigenvalue weighted by molar-refractivity contribution is -0.141. The van der Waals surface area contributed by atoms with Crippen LogP contribution in [-0.2, 0) is 14.8 Å². The Balaban J connectivity index is 0.000000439. The number of hydrogen-bond donors (Lipinski definition) is 0. The zero-order valence-corrected chi connectivity index (χ0v) is 17.2. The summed E-state index contributed by atoms with van der Waals surface area (Å²) in [7, 11) is -3.11. The molecule has 26 heavy (non-hydrogen) atoms. The van der Waals surface area contributed by atoms with Gasteiger partial charge in [-0.25, -0.2) is 12.7 Å². The molecule has 0 aliphatic carbocycles.